The normalized spacial score (nSPS) is 19.2. The number of carbonyl (C=O) groups excluding carboxylic acids is 1. The fourth-order valence-corrected chi connectivity index (χ4v) is 3.59. The van der Waals surface area contributed by atoms with Gasteiger partial charge in [0.25, 0.3) is 0 Å². The van der Waals surface area contributed by atoms with Gasteiger partial charge in [-0.2, -0.15) is 0 Å². The number of sulfonamides is 1. The number of carbonyl (C=O) groups is 1. The van der Waals surface area contributed by atoms with E-state index in [1.807, 2.05) is 0 Å². The number of esters is 1. The second-order valence-corrected chi connectivity index (χ2v) is 7.16. The smallest absolute Gasteiger partial charge is 0.338 e. The molecule has 1 heterocycles. The van der Waals surface area contributed by atoms with Crippen LogP contribution in [-0.2, 0) is 19.5 Å². The Hall–Kier alpha value is -0.960. The number of halogens is 1. The molecule has 1 atom stereocenters. The number of primary sulfonamides is 1. The quantitative estimate of drug-likeness (QED) is 0.807. The van der Waals surface area contributed by atoms with Crippen molar-refractivity contribution < 1.29 is 22.7 Å². The summed E-state index contributed by atoms with van der Waals surface area (Å²) < 4.78 is 33.7. The van der Waals surface area contributed by atoms with Gasteiger partial charge in [0.15, 0.2) is 0 Å². The van der Waals surface area contributed by atoms with Crippen molar-refractivity contribution in [2.45, 2.75) is 30.3 Å². The van der Waals surface area contributed by atoms with Gasteiger partial charge in [-0.3, -0.25) is 0 Å². The van der Waals surface area contributed by atoms with Crippen LogP contribution in [0.1, 0.15) is 29.6 Å². The summed E-state index contributed by atoms with van der Waals surface area (Å²) in [7, 11) is -3.90. The topological polar surface area (TPSA) is 95.7 Å². The molecule has 0 aromatic heterocycles. The van der Waals surface area contributed by atoms with Crippen LogP contribution >= 0.6 is 15.9 Å². The van der Waals surface area contributed by atoms with Gasteiger partial charge in [0.2, 0.25) is 10.0 Å². The maximum atomic E-state index is 11.9. The van der Waals surface area contributed by atoms with Crippen molar-refractivity contribution in [3.8, 4) is 0 Å². The zero-order valence-corrected chi connectivity index (χ0v) is 13.7. The van der Waals surface area contributed by atoms with E-state index in [9.17, 15) is 13.2 Å². The highest BCUT2D eigenvalue weighted by molar-refractivity contribution is 9.10. The SMILES string of the molecule is NS(=O)(=O)c1cc(C(=O)OCC2CCCCO2)ccc1Br. The number of rotatable bonds is 4. The molecule has 0 radical (unpaired) electrons. The lowest BCUT2D eigenvalue weighted by atomic mass is 10.1. The highest BCUT2D eigenvalue weighted by Gasteiger charge is 2.19. The van der Waals surface area contributed by atoms with Crippen molar-refractivity contribution in [3.05, 3.63) is 28.2 Å². The molecule has 1 aromatic rings. The fourth-order valence-electron chi connectivity index (χ4n) is 2.04. The van der Waals surface area contributed by atoms with Gasteiger partial charge in [-0.05, 0) is 53.4 Å². The van der Waals surface area contributed by atoms with Gasteiger partial charge >= 0.3 is 5.97 Å². The van der Waals surface area contributed by atoms with Gasteiger partial charge < -0.3 is 9.47 Å². The molecule has 8 heteroatoms. The monoisotopic (exact) mass is 377 g/mol. The predicted molar refractivity (Wildman–Crippen MR) is 79.4 cm³/mol. The molecule has 1 aromatic carbocycles. The lowest BCUT2D eigenvalue weighted by Gasteiger charge is -2.22. The van der Waals surface area contributed by atoms with E-state index < -0.39 is 16.0 Å². The zero-order chi connectivity index (χ0) is 15.5. The summed E-state index contributed by atoms with van der Waals surface area (Å²) in [5, 5.41) is 5.09. The first-order valence-corrected chi connectivity index (χ1v) is 8.83. The molecule has 116 valence electrons. The van der Waals surface area contributed by atoms with Crippen LogP contribution in [0.5, 0.6) is 0 Å². The molecular weight excluding hydrogens is 362 g/mol. The molecule has 2 rings (SSSR count). The molecule has 1 saturated heterocycles. The van der Waals surface area contributed by atoms with Crippen LogP contribution in [0, 0.1) is 0 Å². The first-order valence-electron chi connectivity index (χ1n) is 6.49. The second kappa shape index (κ2) is 6.87. The molecule has 6 nitrogen and oxygen atoms in total. The lowest BCUT2D eigenvalue weighted by molar-refractivity contribution is -0.0300. The molecule has 1 aliphatic rings. The van der Waals surface area contributed by atoms with E-state index in [0.717, 1.165) is 19.3 Å². The molecule has 0 aliphatic carbocycles. The minimum atomic E-state index is -3.90. The third-order valence-electron chi connectivity index (χ3n) is 3.15. The average molecular weight is 378 g/mol. The van der Waals surface area contributed by atoms with Gasteiger partial charge in [-0.1, -0.05) is 0 Å². The van der Waals surface area contributed by atoms with Crippen molar-refractivity contribution in [2.75, 3.05) is 13.2 Å². The summed E-state index contributed by atoms with van der Waals surface area (Å²) in [6, 6.07) is 4.12. The molecule has 1 aliphatic heterocycles. The summed E-state index contributed by atoms with van der Waals surface area (Å²) >= 11 is 3.09. The van der Waals surface area contributed by atoms with Crippen LogP contribution in [0.4, 0.5) is 0 Å². The van der Waals surface area contributed by atoms with Gasteiger partial charge in [-0.25, -0.2) is 18.4 Å². The van der Waals surface area contributed by atoms with Crippen LogP contribution in [0.25, 0.3) is 0 Å². The maximum absolute atomic E-state index is 11.9. The molecule has 0 bridgehead atoms. The second-order valence-electron chi connectivity index (χ2n) is 4.78. The van der Waals surface area contributed by atoms with Gasteiger partial charge in [0.05, 0.1) is 16.6 Å². The third-order valence-corrected chi connectivity index (χ3v) is 5.05. The summed E-state index contributed by atoms with van der Waals surface area (Å²) in [4.78, 5) is 11.8. The van der Waals surface area contributed by atoms with Gasteiger partial charge in [0, 0.05) is 11.1 Å². The van der Waals surface area contributed by atoms with E-state index >= 15 is 0 Å². The van der Waals surface area contributed by atoms with E-state index in [-0.39, 0.29) is 23.2 Å². The number of ether oxygens (including phenoxy) is 2. The Morgan fingerprint density at radius 2 is 2.19 bits per heavy atom. The van der Waals surface area contributed by atoms with Crippen LogP contribution in [0.3, 0.4) is 0 Å². The van der Waals surface area contributed by atoms with Crippen molar-refractivity contribution in [3.63, 3.8) is 0 Å². The molecular formula is C13H16BrNO5S. The van der Waals surface area contributed by atoms with E-state index in [1.54, 1.807) is 0 Å². The highest BCUT2D eigenvalue weighted by atomic mass is 79.9. The highest BCUT2D eigenvalue weighted by Crippen LogP contribution is 2.22. The molecule has 0 spiro atoms. The van der Waals surface area contributed by atoms with Crippen molar-refractivity contribution in [2.24, 2.45) is 5.14 Å². The van der Waals surface area contributed by atoms with E-state index in [4.69, 9.17) is 14.6 Å². The Balaban J connectivity index is 2.05. The Morgan fingerprint density at radius 3 is 2.81 bits per heavy atom. The number of hydrogen-bond donors (Lipinski definition) is 1. The first-order chi connectivity index (χ1) is 9.88. The van der Waals surface area contributed by atoms with E-state index in [0.29, 0.717) is 11.1 Å². The predicted octanol–water partition coefficient (Wildman–Crippen LogP) is 1.82. The number of hydrogen-bond acceptors (Lipinski definition) is 5. The van der Waals surface area contributed by atoms with Crippen molar-refractivity contribution >= 4 is 31.9 Å². The minimum absolute atomic E-state index is 0.0872. The largest absolute Gasteiger partial charge is 0.459 e. The summed E-state index contributed by atoms with van der Waals surface area (Å²) in [5.74, 6) is -0.596. The molecule has 21 heavy (non-hydrogen) atoms. The van der Waals surface area contributed by atoms with Crippen LogP contribution in [0.2, 0.25) is 0 Å². The Kier molecular flexibility index (Phi) is 5.37. The van der Waals surface area contributed by atoms with Gasteiger partial charge in [0.1, 0.15) is 6.61 Å². The lowest BCUT2D eigenvalue weighted by Crippen LogP contribution is -2.26. The molecule has 0 amide bonds. The van der Waals surface area contributed by atoms with Crippen molar-refractivity contribution in [1.82, 2.24) is 0 Å². The Morgan fingerprint density at radius 1 is 1.43 bits per heavy atom. The maximum Gasteiger partial charge on any atom is 0.338 e. The minimum Gasteiger partial charge on any atom is -0.459 e. The van der Waals surface area contributed by atoms with E-state index in [1.165, 1.54) is 18.2 Å². The van der Waals surface area contributed by atoms with Crippen LogP contribution < -0.4 is 5.14 Å². The zero-order valence-electron chi connectivity index (χ0n) is 11.2. The molecule has 2 N–H and O–H groups in total. The molecule has 0 saturated carbocycles. The summed E-state index contributed by atoms with van der Waals surface area (Å²) in [5.41, 5.74) is 0.137. The number of benzene rings is 1. The Bertz CT molecular complexity index is 625. The van der Waals surface area contributed by atoms with E-state index in [2.05, 4.69) is 15.9 Å². The average Bonchev–Trinajstić information content (AvgIpc) is 2.45. The third kappa shape index (κ3) is 4.50. The summed E-state index contributed by atoms with van der Waals surface area (Å²) in [6.07, 6.45) is 2.84. The first kappa shape index (κ1) is 16.4. The Labute approximate surface area is 131 Å². The van der Waals surface area contributed by atoms with Crippen LogP contribution in [0.15, 0.2) is 27.6 Å². The number of nitrogens with two attached hydrogens (primary N) is 1. The molecule has 1 unspecified atom stereocenters. The van der Waals surface area contributed by atoms with Crippen molar-refractivity contribution in [1.29, 1.82) is 0 Å². The molecule has 1 fully saturated rings. The van der Waals surface area contributed by atoms with Crippen LogP contribution in [-0.4, -0.2) is 33.7 Å². The van der Waals surface area contributed by atoms with Gasteiger partial charge in [-0.15, -0.1) is 0 Å². The summed E-state index contributed by atoms with van der Waals surface area (Å²) in [6.45, 7) is 0.843. The standard InChI is InChI=1S/C13H16BrNO5S/c14-11-5-4-9(7-12(11)21(15,17)18)13(16)20-8-10-3-1-2-6-19-10/h4-5,7,10H,1-3,6,8H2,(H2,15,17,18). The fraction of sp³-hybridized carbons (Fsp3) is 0.462.